The number of amides is 1. The van der Waals surface area contributed by atoms with E-state index in [2.05, 4.69) is 10.1 Å². The van der Waals surface area contributed by atoms with Crippen LogP contribution in [0.3, 0.4) is 0 Å². The molecule has 1 atom stereocenters. The molecule has 0 heterocycles. The Morgan fingerprint density at radius 2 is 2.00 bits per heavy atom. The Kier molecular flexibility index (Phi) is 5.20. The average molecular weight is 294 g/mol. The second-order valence-corrected chi connectivity index (χ2v) is 3.93. The lowest BCUT2D eigenvalue weighted by atomic mass is 10.2. The monoisotopic (exact) mass is 293 g/mol. The van der Waals surface area contributed by atoms with Crippen LogP contribution in [0.2, 0.25) is 5.02 Å². The van der Waals surface area contributed by atoms with Crippen LogP contribution in [0.15, 0.2) is 12.1 Å². The van der Waals surface area contributed by atoms with Crippen molar-refractivity contribution in [3.63, 3.8) is 0 Å². The van der Waals surface area contributed by atoms with Crippen molar-refractivity contribution in [1.29, 1.82) is 0 Å². The van der Waals surface area contributed by atoms with Gasteiger partial charge >= 0.3 is 5.97 Å². The average Bonchev–Trinajstić information content (AvgIpc) is 2.33. The van der Waals surface area contributed by atoms with Gasteiger partial charge in [-0.1, -0.05) is 11.6 Å². The van der Waals surface area contributed by atoms with E-state index in [1.54, 1.807) is 0 Å². The smallest absolute Gasteiger partial charge is 0.334 e. The van der Waals surface area contributed by atoms with Crippen molar-refractivity contribution in [3.8, 4) is 0 Å². The molecule has 19 heavy (non-hydrogen) atoms. The lowest BCUT2D eigenvalue weighted by Crippen LogP contribution is -2.38. The van der Waals surface area contributed by atoms with Crippen molar-refractivity contribution in [3.05, 3.63) is 34.4 Å². The molecule has 0 saturated carbocycles. The topological polar surface area (TPSA) is 75.6 Å². The lowest BCUT2D eigenvalue weighted by Gasteiger charge is -2.12. The summed E-state index contributed by atoms with van der Waals surface area (Å²) < 4.78 is 30.4. The molecule has 0 fully saturated rings. The Hall–Kier alpha value is -1.73. The summed E-state index contributed by atoms with van der Waals surface area (Å²) in [7, 11) is 1.16. The highest BCUT2D eigenvalue weighted by molar-refractivity contribution is 6.33. The quantitative estimate of drug-likeness (QED) is 0.806. The highest BCUT2D eigenvalue weighted by Gasteiger charge is 2.19. The molecule has 1 aromatic carbocycles. The summed E-state index contributed by atoms with van der Waals surface area (Å²) in [5.41, 5.74) is -0.291. The van der Waals surface area contributed by atoms with Crippen LogP contribution in [0.5, 0.6) is 0 Å². The third kappa shape index (κ3) is 3.87. The number of carboxylic acid groups (broad SMARTS) is 1. The molecule has 1 amide bonds. The molecule has 8 heteroatoms. The third-order valence-electron chi connectivity index (χ3n) is 2.26. The van der Waals surface area contributed by atoms with Gasteiger partial charge in [-0.15, -0.1) is 0 Å². The first-order valence-corrected chi connectivity index (χ1v) is 5.43. The highest BCUT2D eigenvalue weighted by atomic mass is 35.5. The molecule has 0 aliphatic heterocycles. The first kappa shape index (κ1) is 15.3. The van der Waals surface area contributed by atoms with Crippen molar-refractivity contribution in [2.45, 2.75) is 6.10 Å². The minimum absolute atomic E-state index is 0.277. The summed E-state index contributed by atoms with van der Waals surface area (Å²) in [6, 6.07) is 1.30. The second kappa shape index (κ2) is 6.44. The van der Waals surface area contributed by atoms with Crippen molar-refractivity contribution in [2.24, 2.45) is 0 Å². The molecule has 0 aliphatic rings. The number of benzene rings is 1. The lowest BCUT2D eigenvalue weighted by molar-refractivity contribution is -0.148. The second-order valence-electron chi connectivity index (χ2n) is 3.52. The number of hydrogen-bond donors (Lipinski definition) is 2. The maximum atomic E-state index is 13.0. The number of rotatable bonds is 5. The van der Waals surface area contributed by atoms with Gasteiger partial charge in [-0.3, -0.25) is 4.79 Å². The summed E-state index contributed by atoms with van der Waals surface area (Å²) in [6.45, 7) is -0.333. The third-order valence-corrected chi connectivity index (χ3v) is 2.58. The number of nitrogens with one attached hydrogen (secondary N) is 1. The van der Waals surface area contributed by atoms with Gasteiger partial charge in [0.25, 0.3) is 5.91 Å². The van der Waals surface area contributed by atoms with Crippen LogP contribution >= 0.6 is 11.6 Å². The van der Waals surface area contributed by atoms with Crippen molar-refractivity contribution >= 4 is 23.5 Å². The fraction of sp³-hybridized carbons (Fsp3) is 0.273. The molecule has 0 bridgehead atoms. The van der Waals surface area contributed by atoms with Gasteiger partial charge in [-0.25, -0.2) is 13.6 Å². The predicted molar refractivity (Wildman–Crippen MR) is 62.1 cm³/mol. The van der Waals surface area contributed by atoms with Crippen LogP contribution < -0.4 is 5.32 Å². The fourth-order valence-corrected chi connectivity index (χ4v) is 1.48. The number of aliphatic carboxylic acids is 1. The number of hydrogen-bond acceptors (Lipinski definition) is 3. The predicted octanol–water partition coefficient (Wildman–Crippen LogP) is 1.45. The number of ether oxygens (including phenoxy) is 1. The van der Waals surface area contributed by atoms with Crippen LogP contribution in [0.1, 0.15) is 10.4 Å². The van der Waals surface area contributed by atoms with E-state index in [0.29, 0.717) is 12.1 Å². The van der Waals surface area contributed by atoms with Crippen molar-refractivity contribution in [1.82, 2.24) is 5.32 Å². The largest absolute Gasteiger partial charge is 0.479 e. The molecule has 2 N–H and O–H groups in total. The molecule has 1 rings (SSSR count). The van der Waals surface area contributed by atoms with Crippen LogP contribution in [-0.2, 0) is 9.53 Å². The standard InChI is InChI=1S/C11H10ClF2NO4/c1-19-9(11(17)18)4-15-10(16)5-2-7(13)8(14)3-6(5)12/h2-3,9H,4H2,1H3,(H,15,16)(H,17,18). The summed E-state index contributed by atoms with van der Waals surface area (Å²) >= 11 is 5.59. The van der Waals surface area contributed by atoms with E-state index in [0.717, 1.165) is 7.11 Å². The first-order valence-electron chi connectivity index (χ1n) is 5.05. The Bertz CT molecular complexity index is 510. The molecule has 0 spiro atoms. The van der Waals surface area contributed by atoms with E-state index in [1.165, 1.54) is 0 Å². The SMILES string of the molecule is COC(CNC(=O)c1cc(F)c(F)cc1Cl)C(=O)O. The molecule has 0 aromatic heterocycles. The molecule has 104 valence electrons. The number of carbonyl (C=O) groups is 2. The van der Waals surface area contributed by atoms with Gasteiger partial charge < -0.3 is 15.2 Å². The minimum Gasteiger partial charge on any atom is -0.479 e. The maximum absolute atomic E-state index is 13.0. The highest BCUT2D eigenvalue weighted by Crippen LogP contribution is 2.19. The molecular weight excluding hydrogens is 284 g/mol. The van der Waals surface area contributed by atoms with Crippen LogP contribution in [0, 0.1) is 11.6 Å². The molecule has 5 nitrogen and oxygen atoms in total. The van der Waals surface area contributed by atoms with Gasteiger partial charge in [-0.2, -0.15) is 0 Å². The molecule has 1 aromatic rings. The number of carbonyl (C=O) groups excluding carboxylic acids is 1. The van der Waals surface area contributed by atoms with Crippen LogP contribution in [0.25, 0.3) is 0 Å². The molecule has 0 radical (unpaired) electrons. The first-order chi connectivity index (χ1) is 8.86. The molecular formula is C11H10ClF2NO4. The van der Waals surface area contributed by atoms with Gasteiger partial charge in [0.15, 0.2) is 17.7 Å². The van der Waals surface area contributed by atoms with E-state index in [9.17, 15) is 18.4 Å². The maximum Gasteiger partial charge on any atom is 0.334 e. The fourth-order valence-electron chi connectivity index (χ4n) is 1.25. The summed E-state index contributed by atoms with van der Waals surface area (Å²) in [5, 5.41) is 10.6. The normalized spacial score (nSPS) is 12.0. The van der Waals surface area contributed by atoms with E-state index in [-0.39, 0.29) is 17.1 Å². The number of methoxy groups -OCH3 is 1. The van der Waals surface area contributed by atoms with Crippen LogP contribution in [0.4, 0.5) is 8.78 Å². The Labute approximate surface area is 112 Å². The van der Waals surface area contributed by atoms with E-state index in [1.807, 2.05) is 0 Å². The Morgan fingerprint density at radius 1 is 1.42 bits per heavy atom. The van der Waals surface area contributed by atoms with Crippen LogP contribution in [-0.4, -0.2) is 36.7 Å². The van der Waals surface area contributed by atoms with Gasteiger partial charge in [0.1, 0.15) is 0 Å². The molecule has 1 unspecified atom stereocenters. The van der Waals surface area contributed by atoms with Gasteiger partial charge in [0.05, 0.1) is 17.1 Å². The zero-order valence-electron chi connectivity index (χ0n) is 9.75. The van der Waals surface area contributed by atoms with E-state index >= 15 is 0 Å². The molecule has 0 aliphatic carbocycles. The number of halogens is 3. The van der Waals surface area contributed by atoms with E-state index < -0.39 is 29.6 Å². The van der Waals surface area contributed by atoms with Crippen molar-refractivity contribution in [2.75, 3.05) is 13.7 Å². The van der Waals surface area contributed by atoms with Gasteiger partial charge in [-0.05, 0) is 12.1 Å². The van der Waals surface area contributed by atoms with Crippen molar-refractivity contribution < 1.29 is 28.2 Å². The zero-order chi connectivity index (χ0) is 14.6. The summed E-state index contributed by atoms with van der Waals surface area (Å²) in [5.74, 6) is -4.50. The number of carboxylic acids is 1. The Morgan fingerprint density at radius 3 is 2.53 bits per heavy atom. The van der Waals surface area contributed by atoms with E-state index in [4.69, 9.17) is 16.7 Å². The molecule has 0 saturated heterocycles. The Balaban J connectivity index is 2.79. The van der Waals surface area contributed by atoms with Gasteiger partial charge in [0, 0.05) is 7.11 Å². The summed E-state index contributed by atoms with van der Waals surface area (Å²) in [6.07, 6.45) is -1.24. The zero-order valence-corrected chi connectivity index (χ0v) is 10.5. The summed E-state index contributed by atoms with van der Waals surface area (Å²) in [4.78, 5) is 22.3. The minimum atomic E-state index is -1.26. The van der Waals surface area contributed by atoms with Gasteiger partial charge in [0.2, 0.25) is 0 Å².